The Morgan fingerprint density at radius 2 is 1.86 bits per heavy atom. The van der Waals surface area contributed by atoms with Crippen LogP contribution in [0.4, 0.5) is 4.79 Å². The minimum absolute atomic E-state index is 0.0731. The molecule has 21 heavy (non-hydrogen) atoms. The van der Waals surface area contributed by atoms with Crippen molar-refractivity contribution in [2.75, 3.05) is 19.7 Å². The van der Waals surface area contributed by atoms with Crippen LogP contribution >= 0.6 is 0 Å². The third-order valence-corrected chi connectivity index (χ3v) is 2.83. The van der Waals surface area contributed by atoms with E-state index in [0.717, 1.165) is 6.42 Å². The molecule has 0 unspecified atom stereocenters. The van der Waals surface area contributed by atoms with Crippen molar-refractivity contribution in [1.29, 1.82) is 0 Å². The Hall–Kier alpha value is -1.79. The second-order valence-corrected chi connectivity index (χ2v) is 4.96. The number of unbranched alkanes of at least 4 members (excludes halogenated alkanes) is 2. The van der Waals surface area contributed by atoms with Gasteiger partial charge in [0.2, 0.25) is 0 Å². The largest absolute Gasteiger partial charge is 0.481 e. The predicted octanol–water partition coefficient (Wildman–Crippen LogP) is 1.61. The van der Waals surface area contributed by atoms with Crippen LogP contribution in [0, 0.1) is 0 Å². The van der Waals surface area contributed by atoms with Gasteiger partial charge in [-0.1, -0.05) is 6.42 Å². The van der Waals surface area contributed by atoms with E-state index in [1.165, 1.54) is 4.90 Å². The van der Waals surface area contributed by atoms with Crippen LogP contribution < -0.4 is 5.32 Å². The molecule has 2 amide bonds. The van der Waals surface area contributed by atoms with E-state index in [1.807, 2.05) is 13.8 Å². The van der Waals surface area contributed by atoms with Crippen molar-refractivity contribution in [2.45, 2.75) is 52.5 Å². The van der Waals surface area contributed by atoms with Gasteiger partial charge in [0.05, 0.1) is 6.61 Å². The molecule has 0 aromatic heterocycles. The van der Waals surface area contributed by atoms with Gasteiger partial charge < -0.3 is 20.1 Å². The highest BCUT2D eigenvalue weighted by atomic mass is 16.5. The normalized spacial score (nSPS) is 10.3. The van der Waals surface area contributed by atoms with Gasteiger partial charge in [-0.25, -0.2) is 4.79 Å². The summed E-state index contributed by atoms with van der Waals surface area (Å²) in [6.45, 7) is 6.04. The summed E-state index contributed by atoms with van der Waals surface area (Å²) in [7, 11) is 0. The molecule has 0 radical (unpaired) electrons. The smallest absolute Gasteiger partial charge is 0.325 e. The monoisotopic (exact) mass is 302 g/mol. The molecule has 0 fully saturated rings. The zero-order chi connectivity index (χ0) is 16.3. The Bertz CT molecular complexity index is 344. The summed E-state index contributed by atoms with van der Waals surface area (Å²) in [5.74, 6) is -1.23. The van der Waals surface area contributed by atoms with Gasteiger partial charge in [0.25, 0.3) is 0 Å². The van der Waals surface area contributed by atoms with Crippen molar-refractivity contribution in [3.63, 3.8) is 0 Å². The van der Waals surface area contributed by atoms with Gasteiger partial charge in [-0.15, -0.1) is 0 Å². The first-order valence-corrected chi connectivity index (χ1v) is 7.30. The van der Waals surface area contributed by atoms with Crippen LogP contribution in [0.5, 0.6) is 0 Å². The fraction of sp³-hybridized carbons (Fsp3) is 0.786. The SMILES string of the molecule is CCOC(=O)CN(C(=O)NCCCCCC(=O)O)C(C)C. The lowest BCUT2D eigenvalue weighted by atomic mass is 10.2. The van der Waals surface area contributed by atoms with Gasteiger partial charge in [0.1, 0.15) is 6.54 Å². The van der Waals surface area contributed by atoms with Gasteiger partial charge >= 0.3 is 18.0 Å². The summed E-state index contributed by atoms with van der Waals surface area (Å²) in [5, 5.41) is 11.2. The van der Waals surface area contributed by atoms with Crippen LogP contribution in [0.3, 0.4) is 0 Å². The van der Waals surface area contributed by atoms with E-state index in [0.29, 0.717) is 19.4 Å². The van der Waals surface area contributed by atoms with Gasteiger partial charge in [-0.2, -0.15) is 0 Å². The predicted molar refractivity (Wildman–Crippen MR) is 78.0 cm³/mol. The van der Waals surface area contributed by atoms with Gasteiger partial charge in [0, 0.05) is 19.0 Å². The summed E-state index contributed by atoms with van der Waals surface area (Å²) in [4.78, 5) is 35.2. The lowest BCUT2D eigenvalue weighted by Gasteiger charge is -2.25. The van der Waals surface area contributed by atoms with Crippen molar-refractivity contribution in [3.8, 4) is 0 Å². The number of amides is 2. The summed E-state index contributed by atoms with van der Waals surface area (Å²) in [6.07, 6.45) is 2.20. The number of nitrogens with zero attached hydrogens (tertiary/aromatic N) is 1. The van der Waals surface area contributed by atoms with E-state index in [2.05, 4.69) is 5.32 Å². The second kappa shape index (κ2) is 10.9. The summed E-state index contributed by atoms with van der Waals surface area (Å²) >= 11 is 0. The molecule has 0 heterocycles. The molecule has 2 N–H and O–H groups in total. The lowest BCUT2D eigenvalue weighted by molar-refractivity contribution is -0.144. The molecule has 0 saturated heterocycles. The number of esters is 1. The average molecular weight is 302 g/mol. The maximum atomic E-state index is 12.0. The molecule has 0 aliphatic rings. The molecular formula is C14H26N2O5. The number of rotatable bonds is 10. The van der Waals surface area contributed by atoms with Gasteiger partial charge in [-0.05, 0) is 33.6 Å². The van der Waals surface area contributed by atoms with Crippen LogP contribution in [-0.4, -0.2) is 53.7 Å². The minimum Gasteiger partial charge on any atom is -0.481 e. The molecular weight excluding hydrogens is 276 g/mol. The van der Waals surface area contributed by atoms with Crippen LogP contribution in [0.15, 0.2) is 0 Å². The molecule has 0 saturated carbocycles. The Morgan fingerprint density at radius 1 is 1.19 bits per heavy atom. The highest BCUT2D eigenvalue weighted by molar-refractivity contribution is 5.81. The van der Waals surface area contributed by atoms with Gasteiger partial charge in [-0.3, -0.25) is 9.59 Å². The number of hydrogen-bond donors (Lipinski definition) is 2. The van der Waals surface area contributed by atoms with Crippen LogP contribution in [0.1, 0.15) is 46.5 Å². The fourth-order valence-corrected chi connectivity index (χ4v) is 1.71. The molecule has 0 spiro atoms. The van der Waals surface area contributed by atoms with E-state index < -0.39 is 11.9 Å². The number of urea groups is 1. The molecule has 0 aliphatic carbocycles. The zero-order valence-electron chi connectivity index (χ0n) is 13.1. The standard InChI is InChI=1S/C14H26N2O5/c1-4-21-13(19)10-16(11(2)3)14(20)15-9-7-5-6-8-12(17)18/h11H,4-10H2,1-3H3,(H,15,20)(H,17,18). The Labute approximate surface area is 125 Å². The first-order chi connectivity index (χ1) is 9.88. The van der Waals surface area contributed by atoms with Crippen LogP contribution in [0.2, 0.25) is 0 Å². The molecule has 0 bridgehead atoms. The van der Waals surface area contributed by atoms with E-state index in [-0.39, 0.29) is 31.6 Å². The van der Waals surface area contributed by atoms with E-state index in [9.17, 15) is 14.4 Å². The van der Waals surface area contributed by atoms with Crippen molar-refractivity contribution < 1.29 is 24.2 Å². The molecule has 0 aromatic carbocycles. The van der Waals surface area contributed by atoms with E-state index in [1.54, 1.807) is 6.92 Å². The maximum Gasteiger partial charge on any atom is 0.325 e. The number of carbonyl (C=O) groups excluding carboxylic acids is 2. The van der Waals surface area contributed by atoms with Gasteiger partial charge in [0.15, 0.2) is 0 Å². The van der Waals surface area contributed by atoms with Crippen molar-refractivity contribution in [1.82, 2.24) is 10.2 Å². The number of carboxylic acids is 1. The summed E-state index contributed by atoms with van der Waals surface area (Å²) in [6, 6.07) is -0.419. The van der Waals surface area contributed by atoms with Crippen molar-refractivity contribution in [3.05, 3.63) is 0 Å². The summed E-state index contributed by atoms with van der Waals surface area (Å²) in [5.41, 5.74) is 0. The van der Waals surface area contributed by atoms with Crippen molar-refractivity contribution in [2.24, 2.45) is 0 Å². The fourth-order valence-electron chi connectivity index (χ4n) is 1.71. The number of aliphatic carboxylic acids is 1. The molecule has 0 aromatic rings. The number of hydrogen-bond acceptors (Lipinski definition) is 4. The van der Waals surface area contributed by atoms with E-state index >= 15 is 0 Å². The summed E-state index contributed by atoms with van der Waals surface area (Å²) < 4.78 is 4.84. The maximum absolute atomic E-state index is 12.0. The molecule has 7 nitrogen and oxygen atoms in total. The minimum atomic E-state index is -0.806. The third-order valence-electron chi connectivity index (χ3n) is 2.83. The Balaban J connectivity index is 4.02. The average Bonchev–Trinajstić information content (AvgIpc) is 2.39. The van der Waals surface area contributed by atoms with Crippen molar-refractivity contribution >= 4 is 18.0 Å². The zero-order valence-corrected chi connectivity index (χ0v) is 13.1. The topological polar surface area (TPSA) is 95.9 Å². The second-order valence-electron chi connectivity index (χ2n) is 4.96. The number of carbonyl (C=O) groups is 3. The molecule has 0 aliphatic heterocycles. The lowest BCUT2D eigenvalue weighted by Crippen LogP contribution is -2.47. The highest BCUT2D eigenvalue weighted by Gasteiger charge is 2.20. The quantitative estimate of drug-likeness (QED) is 0.472. The molecule has 7 heteroatoms. The number of carboxylic acid groups (broad SMARTS) is 1. The third kappa shape index (κ3) is 9.70. The first-order valence-electron chi connectivity index (χ1n) is 7.30. The number of nitrogens with one attached hydrogen (secondary N) is 1. The Morgan fingerprint density at radius 3 is 2.38 bits per heavy atom. The highest BCUT2D eigenvalue weighted by Crippen LogP contribution is 2.02. The molecule has 122 valence electrons. The molecule has 0 atom stereocenters. The first kappa shape index (κ1) is 19.2. The van der Waals surface area contributed by atoms with Crippen LogP contribution in [0.25, 0.3) is 0 Å². The Kier molecular flexibility index (Phi) is 10.0. The van der Waals surface area contributed by atoms with E-state index in [4.69, 9.17) is 9.84 Å². The number of ether oxygens (including phenoxy) is 1. The molecule has 0 rings (SSSR count). The van der Waals surface area contributed by atoms with Crippen LogP contribution in [-0.2, 0) is 14.3 Å².